The van der Waals surface area contributed by atoms with Gasteiger partial charge in [0.05, 0.1) is 0 Å². The predicted molar refractivity (Wildman–Crippen MR) is 63.7 cm³/mol. The Kier molecular flexibility index (Phi) is 3.39. The molecule has 2 rings (SSSR count). The first-order valence-electron chi connectivity index (χ1n) is 4.86. The molecule has 3 nitrogen and oxygen atoms in total. The number of ether oxygens (including phenoxy) is 1. The molecule has 0 unspecified atom stereocenters. The van der Waals surface area contributed by atoms with Crippen molar-refractivity contribution >= 4 is 11.6 Å². The van der Waals surface area contributed by atoms with Crippen LogP contribution in [0.25, 0.3) is 0 Å². The number of benzene rings is 1. The molecule has 0 aliphatic rings. The van der Waals surface area contributed by atoms with Gasteiger partial charge in [0.15, 0.2) is 0 Å². The molecule has 1 heterocycles. The summed E-state index contributed by atoms with van der Waals surface area (Å²) in [5, 5.41) is 0.679. The van der Waals surface area contributed by atoms with Gasteiger partial charge in [0.1, 0.15) is 5.75 Å². The molecule has 2 N–H and O–H groups in total. The van der Waals surface area contributed by atoms with Gasteiger partial charge in [0.25, 0.3) is 0 Å². The first-order valence-corrected chi connectivity index (χ1v) is 5.24. The van der Waals surface area contributed by atoms with Crippen LogP contribution in [0, 0.1) is 0 Å². The second kappa shape index (κ2) is 4.96. The lowest BCUT2D eigenvalue weighted by Gasteiger charge is -2.04. The second-order valence-corrected chi connectivity index (χ2v) is 3.70. The van der Waals surface area contributed by atoms with Gasteiger partial charge in [-0.2, -0.15) is 0 Å². The quantitative estimate of drug-likeness (QED) is 0.888. The van der Waals surface area contributed by atoms with Crippen LogP contribution in [0.5, 0.6) is 11.6 Å². The number of pyridine rings is 1. The van der Waals surface area contributed by atoms with Crippen LogP contribution in [0.15, 0.2) is 42.6 Å². The van der Waals surface area contributed by atoms with E-state index in [1.807, 2.05) is 6.07 Å². The van der Waals surface area contributed by atoms with Gasteiger partial charge in [-0.1, -0.05) is 17.7 Å². The van der Waals surface area contributed by atoms with Crippen LogP contribution in [0.1, 0.15) is 5.56 Å². The van der Waals surface area contributed by atoms with Crippen LogP contribution >= 0.6 is 11.6 Å². The number of aromatic nitrogens is 1. The van der Waals surface area contributed by atoms with Crippen molar-refractivity contribution in [1.29, 1.82) is 0 Å². The third kappa shape index (κ3) is 2.72. The van der Waals surface area contributed by atoms with E-state index >= 15 is 0 Å². The topological polar surface area (TPSA) is 48.1 Å². The first kappa shape index (κ1) is 10.9. The van der Waals surface area contributed by atoms with Gasteiger partial charge in [-0.25, -0.2) is 4.98 Å². The molecule has 0 amide bonds. The summed E-state index contributed by atoms with van der Waals surface area (Å²) < 4.78 is 5.52. The normalized spacial score (nSPS) is 10.1. The Balaban J connectivity index is 2.11. The van der Waals surface area contributed by atoms with E-state index in [9.17, 15) is 0 Å². The van der Waals surface area contributed by atoms with E-state index in [4.69, 9.17) is 22.1 Å². The highest BCUT2D eigenvalue weighted by molar-refractivity contribution is 6.30. The van der Waals surface area contributed by atoms with Gasteiger partial charge in [-0.15, -0.1) is 0 Å². The molecule has 0 saturated heterocycles. The minimum atomic E-state index is 0.480. The highest BCUT2D eigenvalue weighted by Crippen LogP contribution is 2.21. The van der Waals surface area contributed by atoms with E-state index in [0.717, 1.165) is 5.56 Å². The van der Waals surface area contributed by atoms with E-state index < -0.39 is 0 Å². The van der Waals surface area contributed by atoms with Crippen molar-refractivity contribution in [3.05, 3.63) is 53.2 Å². The van der Waals surface area contributed by atoms with Gasteiger partial charge in [0, 0.05) is 23.8 Å². The molecule has 0 spiro atoms. The largest absolute Gasteiger partial charge is 0.439 e. The Morgan fingerprint density at radius 3 is 2.44 bits per heavy atom. The molecule has 1 aromatic carbocycles. The van der Waals surface area contributed by atoms with Crippen molar-refractivity contribution in [3.8, 4) is 11.6 Å². The van der Waals surface area contributed by atoms with Crippen LogP contribution in [0.4, 0.5) is 0 Å². The van der Waals surface area contributed by atoms with Gasteiger partial charge >= 0.3 is 0 Å². The summed E-state index contributed by atoms with van der Waals surface area (Å²) in [5.74, 6) is 1.25. The average molecular weight is 235 g/mol. The average Bonchev–Trinajstić information content (AvgIpc) is 2.33. The van der Waals surface area contributed by atoms with E-state index in [2.05, 4.69) is 4.98 Å². The van der Waals surface area contributed by atoms with Crippen molar-refractivity contribution in [3.63, 3.8) is 0 Å². The van der Waals surface area contributed by atoms with Crippen molar-refractivity contribution < 1.29 is 4.74 Å². The number of hydrogen-bond donors (Lipinski definition) is 1. The molecule has 0 atom stereocenters. The van der Waals surface area contributed by atoms with Gasteiger partial charge in [0.2, 0.25) is 5.88 Å². The molecule has 2 aromatic rings. The Morgan fingerprint density at radius 1 is 1.12 bits per heavy atom. The Hall–Kier alpha value is -1.58. The van der Waals surface area contributed by atoms with Crippen molar-refractivity contribution in [1.82, 2.24) is 4.98 Å². The Morgan fingerprint density at radius 2 is 1.88 bits per heavy atom. The molecule has 4 heteroatoms. The molecule has 0 radical (unpaired) electrons. The second-order valence-electron chi connectivity index (χ2n) is 3.26. The lowest BCUT2D eigenvalue weighted by Crippen LogP contribution is -1.97. The maximum Gasteiger partial charge on any atom is 0.219 e. The molecule has 0 aliphatic carbocycles. The molecular formula is C12H11ClN2O. The minimum absolute atomic E-state index is 0.480. The zero-order chi connectivity index (χ0) is 11.4. The van der Waals surface area contributed by atoms with Gasteiger partial charge < -0.3 is 10.5 Å². The van der Waals surface area contributed by atoms with E-state index in [1.165, 1.54) is 0 Å². The fourth-order valence-electron chi connectivity index (χ4n) is 1.22. The SMILES string of the molecule is NCc1ccc(Oc2ccc(Cl)cc2)nc1. The summed E-state index contributed by atoms with van der Waals surface area (Å²) in [6.07, 6.45) is 1.70. The van der Waals surface area contributed by atoms with E-state index in [0.29, 0.717) is 23.2 Å². The summed E-state index contributed by atoms with van der Waals surface area (Å²) in [4.78, 5) is 4.13. The standard InChI is InChI=1S/C12H11ClN2O/c13-10-2-4-11(5-3-10)16-12-6-1-9(7-14)8-15-12/h1-6,8H,7,14H2. The molecule has 82 valence electrons. The van der Waals surface area contributed by atoms with Crippen LogP contribution in [0.2, 0.25) is 5.02 Å². The smallest absolute Gasteiger partial charge is 0.219 e. The van der Waals surface area contributed by atoms with Crippen molar-refractivity contribution in [2.24, 2.45) is 5.73 Å². The number of hydrogen-bond acceptors (Lipinski definition) is 3. The molecule has 0 aliphatic heterocycles. The maximum absolute atomic E-state index is 5.77. The third-order valence-electron chi connectivity index (χ3n) is 2.07. The minimum Gasteiger partial charge on any atom is -0.439 e. The van der Waals surface area contributed by atoms with E-state index in [-0.39, 0.29) is 0 Å². The maximum atomic E-state index is 5.77. The van der Waals surface area contributed by atoms with Crippen LogP contribution in [-0.4, -0.2) is 4.98 Å². The van der Waals surface area contributed by atoms with E-state index in [1.54, 1.807) is 36.5 Å². The van der Waals surface area contributed by atoms with Crippen LogP contribution < -0.4 is 10.5 Å². The highest BCUT2D eigenvalue weighted by Gasteiger charge is 1.98. The third-order valence-corrected chi connectivity index (χ3v) is 2.32. The fraction of sp³-hybridized carbons (Fsp3) is 0.0833. The van der Waals surface area contributed by atoms with Gasteiger partial charge in [-0.3, -0.25) is 0 Å². The lowest BCUT2D eigenvalue weighted by molar-refractivity contribution is 0.462. The highest BCUT2D eigenvalue weighted by atomic mass is 35.5. The summed E-state index contributed by atoms with van der Waals surface area (Å²) >= 11 is 5.77. The van der Waals surface area contributed by atoms with Crippen molar-refractivity contribution in [2.45, 2.75) is 6.54 Å². The van der Waals surface area contributed by atoms with Gasteiger partial charge in [-0.05, 0) is 29.8 Å². The molecule has 1 aromatic heterocycles. The lowest BCUT2D eigenvalue weighted by atomic mass is 10.3. The molecule has 16 heavy (non-hydrogen) atoms. The fourth-order valence-corrected chi connectivity index (χ4v) is 1.34. The molecule has 0 bridgehead atoms. The summed E-state index contributed by atoms with van der Waals surface area (Å²) in [7, 11) is 0. The number of halogens is 1. The number of nitrogens with zero attached hydrogens (tertiary/aromatic N) is 1. The summed E-state index contributed by atoms with van der Waals surface area (Å²) in [6.45, 7) is 0.480. The summed E-state index contributed by atoms with van der Waals surface area (Å²) in [5.41, 5.74) is 6.45. The number of nitrogens with two attached hydrogens (primary N) is 1. The zero-order valence-corrected chi connectivity index (χ0v) is 9.32. The van der Waals surface area contributed by atoms with Crippen LogP contribution in [0.3, 0.4) is 0 Å². The first-order chi connectivity index (χ1) is 7.78. The Labute approximate surface area is 98.8 Å². The van der Waals surface area contributed by atoms with Crippen LogP contribution in [-0.2, 0) is 6.54 Å². The Bertz CT molecular complexity index is 453. The molecule has 0 saturated carbocycles. The molecular weight excluding hydrogens is 224 g/mol. The zero-order valence-electron chi connectivity index (χ0n) is 8.56. The molecule has 0 fully saturated rings. The predicted octanol–water partition coefficient (Wildman–Crippen LogP) is 2.99. The summed E-state index contributed by atoms with van der Waals surface area (Å²) in [6, 6.07) is 10.8. The number of rotatable bonds is 3. The van der Waals surface area contributed by atoms with Crippen molar-refractivity contribution in [2.75, 3.05) is 0 Å². The monoisotopic (exact) mass is 234 g/mol.